The van der Waals surface area contributed by atoms with Crippen molar-refractivity contribution in [2.45, 2.75) is 50.9 Å². The van der Waals surface area contributed by atoms with E-state index in [1.807, 2.05) is 18.2 Å². The monoisotopic (exact) mass is 343 g/mol. The maximum atomic E-state index is 13.1. The van der Waals surface area contributed by atoms with Crippen molar-refractivity contribution in [3.63, 3.8) is 0 Å². The summed E-state index contributed by atoms with van der Waals surface area (Å²) >= 11 is 0. The predicted molar refractivity (Wildman–Crippen MR) is 88.1 cm³/mol. The third-order valence-electron chi connectivity index (χ3n) is 4.83. The fourth-order valence-corrected chi connectivity index (χ4v) is 3.29. The topological polar surface area (TPSA) is 88.7 Å². The minimum absolute atomic E-state index is 0.188. The van der Waals surface area contributed by atoms with Gasteiger partial charge in [0.05, 0.1) is 17.8 Å². The van der Waals surface area contributed by atoms with Gasteiger partial charge in [0.2, 0.25) is 5.89 Å². The summed E-state index contributed by atoms with van der Waals surface area (Å²) in [5.41, 5.74) is 0.504. The average molecular weight is 343 g/mol. The summed E-state index contributed by atoms with van der Waals surface area (Å²) in [5.74, 6) is 1.28. The minimum Gasteiger partial charge on any atom is -0.490 e. The number of para-hydroxylation sites is 1. The summed E-state index contributed by atoms with van der Waals surface area (Å²) in [5, 5.41) is 13.9. The average Bonchev–Trinajstić information content (AvgIpc) is 3.16. The Bertz CT molecular complexity index is 771. The van der Waals surface area contributed by atoms with Gasteiger partial charge in [-0.3, -0.25) is 4.79 Å². The number of β-amino-alcohol motifs (C(OH)–C–C–N with tert-alkyl or cyclic N) is 1. The molecule has 1 N–H and O–H groups in total. The zero-order valence-corrected chi connectivity index (χ0v) is 14.1. The van der Waals surface area contributed by atoms with Crippen molar-refractivity contribution >= 4 is 5.91 Å². The Hall–Kier alpha value is -2.41. The van der Waals surface area contributed by atoms with Crippen molar-refractivity contribution in [3.05, 3.63) is 41.5 Å². The lowest BCUT2D eigenvalue weighted by atomic mass is 9.96. The molecular formula is C18H21N3O4. The molecule has 1 saturated heterocycles. The lowest BCUT2D eigenvalue weighted by Crippen LogP contribution is -2.33. The lowest BCUT2D eigenvalue weighted by Gasteiger charge is -2.28. The number of rotatable bonds is 4. The Morgan fingerprint density at radius 2 is 2.16 bits per heavy atom. The number of aliphatic hydroxyl groups is 1. The number of hydrogen-bond donors (Lipinski definition) is 1. The van der Waals surface area contributed by atoms with Crippen molar-refractivity contribution in [1.29, 1.82) is 0 Å². The van der Waals surface area contributed by atoms with Crippen LogP contribution in [-0.4, -0.2) is 44.8 Å². The number of carbonyl (C=O) groups excluding carboxylic acids is 1. The van der Waals surface area contributed by atoms with Crippen molar-refractivity contribution in [2.24, 2.45) is 0 Å². The Kier molecular flexibility index (Phi) is 4.17. The van der Waals surface area contributed by atoms with Gasteiger partial charge in [0, 0.05) is 13.0 Å². The Labute approximate surface area is 145 Å². The summed E-state index contributed by atoms with van der Waals surface area (Å²) in [6.45, 7) is 1.97. The second-order valence-electron chi connectivity index (χ2n) is 6.71. The number of aromatic nitrogens is 2. The van der Waals surface area contributed by atoms with E-state index < -0.39 is 12.1 Å². The second-order valence-corrected chi connectivity index (χ2v) is 6.71. The van der Waals surface area contributed by atoms with E-state index in [1.165, 1.54) is 0 Å². The van der Waals surface area contributed by atoms with Crippen LogP contribution in [-0.2, 0) is 0 Å². The molecule has 7 heteroatoms. The summed E-state index contributed by atoms with van der Waals surface area (Å²) < 4.78 is 11.2. The van der Waals surface area contributed by atoms with E-state index >= 15 is 0 Å². The van der Waals surface area contributed by atoms with Crippen molar-refractivity contribution < 1.29 is 19.2 Å². The first-order chi connectivity index (χ1) is 12.1. The van der Waals surface area contributed by atoms with E-state index in [9.17, 15) is 9.90 Å². The molecule has 2 heterocycles. The molecular weight excluding hydrogens is 322 g/mol. The van der Waals surface area contributed by atoms with E-state index in [0.717, 1.165) is 19.3 Å². The van der Waals surface area contributed by atoms with Crippen LogP contribution in [0.5, 0.6) is 5.75 Å². The molecule has 132 valence electrons. The maximum absolute atomic E-state index is 13.1. The van der Waals surface area contributed by atoms with Gasteiger partial charge < -0.3 is 19.3 Å². The highest BCUT2D eigenvalue weighted by Gasteiger charge is 2.39. The van der Waals surface area contributed by atoms with Gasteiger partial charge in [-0.1, -0.05) is 17.3 Å². The summed E-state index contributed by atoms with van der Waals surface area (Å²) in [6.07, 6.45) is 3.17. The highest BCUT2D eigenvalue weighted by Crippen LogP contribution is 2.35. The first-order valence-electron chi connectivity index (χ1n) is 8.66. The molecule has 0 bridgehead atoms. The predicted octanol–water partition coefficient (Wildman–Crippen LogP) is 2.26. The number of carbonyl (C=O) groups is 1. The molecule has 0 spiro atoms. The molecule has 25 heavy (non-hydrogen) atoms. The van der Waals surface area contributed by atoms with Crippen LogP contribution in [0.1, 0.15) is 53.8 Å². The molecule has 2 atom stereocenters. The highest BCUT2D eigenvalue weighted by molar-refractivity contribution is 5.97. The zero-order chi connectivity index (χ0) is 17.4. The Morgan fingerprint density at radius 1 is 1.36 bits per heavy atom. The standard InChI is InChI=1S/C18H21N3O4/c1-11-19-17(25-20-11)15-9-12(22)10-21(15)18(23)14-7-2-3-8-16(14)24-13-5-4-6-13/h2-3,7-8,12-13,15,22H,4-6,9-10H2,1H3/t12-,15-/m1/s1. The van der Waals surface area contributed by atoms with Gasteiger partial charge in [0.25, 0.3) is 5.91 Å². The van der Waals surface area contributed by atoms with Crippen LogP contribution in [0.2, 0.25) is 0 Å². The number of likely N-dealkylation sites (tertiary alicyclic amines) is 1. The smallest absolute Gasteiger partial charge is 0.258 e. The first-order valence-corrected chi connectivity index (χ1v) is 8.66. The Balaban J connectivity index is 1.61. The normalized spacial score (nSPS) is 23.5. The van der Waals surface area contributed by atoms with E-state index in [2.05, 4.69) is 10.1 Å². The van der Waals surface area contributed by atoms with Gasteiger partial charge in [-0.05, 0) is 38.3 Å². The summed E-state index contributed by atoms with van der Waals surface area (Å²) in [7, 11) is 0. The molecule has 2 fully saturated rings. The summed E-state index contributed by atoms with van der Waals surface area (Å²) in [4.78, 5) is 19.0. The molecule has 1 aromatic heterocycles. The van der Waals surface area contributed by atoms with Crippen molar-refractivity contribution in [3.8, 4) is 5.75 Å². The van der Waals surface area contributed by atoms with E-state index in [1.54, 1.807) is 17.9 Å². The van der Waals surface area contributed by atoms with E-state index in [-0.39, 0.29) is 18.6 Å². The van der Waals surface area contributed by atoms with Crippen LogP contribution in [0.3, 0.4) is 0 Å². The molecule has 0 radical (unpaired) electrons. The molecule has 1 aliphatic heterocycles. The fourth-order valence-electron chi connectivity index (χ4n) is 3.29. The quantitative estimate of drug-likeness (QED) is 0.916. The fraction of sp³-hybridized carbons (Fsp3) is 0.500. The van der Waals surface area contributed by atoms with Gasteiger partial charge in [0.1, 0.15) is 11.8 Å². The van der Waals surface area contributed by atoms with Crippen LogP contribution < -0.4 is 4.74 Å². The third-order valence-corrected chi connectivity index (χ3v) is 4.83. The van der Waals surface area contributed by atoms with Crippen LogP contribution >= 0.6 is 0 Å². The molecule has 1 aromatic carbocycles. The number of benzene rings is 1. The Morgan fingerprint density at radius 3 is 2.84 bits per heavy atom. The van der Waals surface area contributed by atoms with Crippen LogP contribution in [0.25, 0.3) is 0 Å². The molecule has 1 aliphatic carbocycles. The largest absolute Gasteiger partial charge is 0.490 e. The molecule has 2 aromatic rings. The number of aliphatic hydroxyl groups excluding tert-OH is 1. The third kappa shape index (κ3) is 3.11. The van der Waals surface area contributed by atoms with Crippen LogP contribution in [0, 0.1) is 6.92 Å². The lowest BCUT2D eigenvalue weighted by molar-refractivity contribution is 0.0677. The van der Waals surface area contributed by atoms with Crippen LogP contribution in [0.4, 0.5) is 0 Å². The molecule has 0 unspecified atom stereocenters. The number of aryl methyl sites for hydroxylation is 1. The van der Waals surface area contributed by atoms with E-state index in [0.29, 0.717) is 29.4 Å². The minimum atomic E-state index is -0.610. The highest BCUT2D eigenvalue weighted by atomic mass is 16.5. The number of nitrogens with zero attached hydrogens (tertiary/aromatic N) is 3. The second kappa shape index (κ2) is 6.48. The zero-order valence-electron chi connectivity index (χ0n) is 14.1. The van der Waals surface area contributed by atoms with Crippen molar-refractivity contribution in [2.75, 3.05) is 6.54 Å². The number of ether oxygens (including phenoxy) is 1. The first kappa shape index (κ1) is 16.1. The number of amides is 1. The molecule has 4 rings (SSSR count). The SMILES string of the molecule is Cc1noc([C@H]2C[C@@H](O)CN2C(=O)c2ccccc2OC2CCC2)n1. The maximum Gasteiger partial charge on any atom is 0.258 e. The van der Waals surface area contributed by atoms with E-state index in [4.69, 9.17) is 9.26 Å². The van der Waals surface area contributed by atoms with Crippen molar-refractivity contribution in [1.82, 2.24) is 15.0 Å². The summed E-state index contributed by atoms with van der Waals surface area (Å²) in [6, 6.07) is 6.85. The number of hydrogen-bond acceptors (Lipinski definition) is 6. The van der Waals surface area contributed by atoms with Gasteiger partial charge in [-0.15, -0.1) is 0 Å². The van der Waals surface area contributed by atoms with Gasteiger partial charge in [0.15, 0.2) is 5.82 Å². The van der Waals surface area contributed by atoms with Gasteiger partial charge in [-0.25, -0.2) is 0 Å². The molecule has 7 nitrogen and oxygen atoms in total. The molecule has 1 amide bonds. The van der Waals surface area contributed by atoms with Gasteiger partial charge >= 0.3 is 0 Å². The van der Waals surface area contributed by atoms with Crippen LogP contribution in [0.15, 0.2) is 28.8 Å². The molecule has 1 saturated carbocycles. The van der Waals surface area contributed by atoms with Gasteiger partial charge in [-0.2, -0.15) is 4.98 Å². The molecule has 2 aliphatic rings.